The molecule has 1 saturated carbocycles. The number of fused-ring (bicyclic) bond motifs is 1. The van der Waals surface area contributed by atoms with Crippen molar-refractivity contribution in [3.05, 3.63) is 63.7 Å². The van der Waals surface area contributed by atoms with E-state index >= 15 is 0 Å². The van der Waals surface area contributed by atoms with Gasteiger partial charge in [0, 0.05) is 35.0 Å². The Morgan fingerprint density at radius 2 is 1.81 bits per heavy atom. The van der Waals surface area contributed by atoms with E-state index in [2.05, 4.69) is 65.8 Å². The van der Waals surface area contributed by atoms with Crippen molar-refractivity contribution in [1.82, 2.24) is 4.90 Å². The summed E-state index contributed by atoms with van der Waals surface area (Å²) >= 11 is 6.20. The van der Waals surface area contributed by atoms with Gasteiger partial charge in [0.25, 0.3) is 5.91 Å². The Hall–Kier alpha value is -2.51. The number of carbonyl (C=O) groups excluding carboxylic acids is 1. The first-order chi connectivity index (χ1) is 14.5. The topological polar surface area (TPSA) is 53.3 Å². The van der Waals surface area contributed by atoms with E-state index in [1.165, 1.54) is 5.56 Å². The number of amides is 1. The maximum atomic E-state index is 13.4. The molecule has 1 amide bonds. The zero-order valence-electron chi connectivity index (χ0n) is 19.0. The van der Waals surface area contributed by atoms with Crippen LogP contribution in [0.5, 0.6) is 5.75 Å². The monoisotopic (exact) mass is 436 g/mol. The Kier molecular flexibility index (Phi) is 5.10. The van der Waals surface area contributed by atoms with Crippen molar-refractivity contribution in [1.29, 1.82) is 5.26 Å². The van der Waals surface area contributed by atoms with Gasteiger partial charge in [-0.3, -0.25) is 4.79 Å². The van der Waals surface area contributed by atoms with Crippen LogP contribution in [-0.4, -0.2) is 23.0 Å². The van der Waals surface area contributed by atoms with E-state index < -0.39 is 0 Å². The average molecular weight is 437 g/mol. The first-order valence-electron chi connectivity index (χ1n) is 10.8. The average Bonchev–Trinajstić information content (AvgIpc) is 3.00. The molecule has 31 heavy (non-hydrogen) atoms. The molecule has 1 aliphatic carbocycles. The number of rotatable bonds is 4. The van der Waals surface area contributed by atoms with Gasteiger partial charge in [0.15, 0.2) is 0 Å². The van der Waals surface area contributed by atoms with Gasteiger partial charge >= 0.3 is 0 Å². The molecule has 0 bridgehead atoms. The normalized spacial score (nSPS) is 23.3. The largest absolute Gasteiger partial charge is 0.489 e. The predicted molar refractivity (Wildman–Crippen MR) is 122 cm³/mol. The van der Waals surface area contributed by atoms with Gasteiger partial charge in [0.05, 0.1) is 10.6 Å². The van der Waals surface area contributed by atoms with Gasteiger partial charge in [-0.05, 0) is 35.2 Å². The van der Waals surface area contributed by atoms with Crippen LogP contribution in [-0.2, 0) is 6.54 Å². The van der Waals surface area contributed by atoms with Crippen LogP contribution >= 0.6 is 11.6 Å². The summed E-state index contributed by atoms with van der Waals surface area (Å²) in [4.78, 5) is 15.4. The first-order valence-corrected chi connectivity index (χ1v) is 11.2. The summed E-state index contributed by atoms with van der Waals surface area (Å²) in [5, 5.41) is 9.49. The Balaban J connectivity index is 1.59. The van der Waals surface area contributed by atoms with Crippen molar-refractivity contribution in [2.75, 3.05) is 0 Å². The molecule has 0 spiro atoms. The van der Waals surface area contributed by atoms with Gasteiger partial charge in [-0.25, -0.2) is 0 Å². The Morgan fingerprint density at radius 1 is 1.13 bits per heavy atom. The van der Waals surface area contributed by atoms with Crippen LogP contribution < -0.4 is 4.74 Å². The predicted octanol–water partition coefficient (Wildman–Crippen LogP) is 6.17. The van der Waals surface area contributed by atoms with Crippen LogP contribution in [0.2, 0.25) is 5.02 Å². The molecule has 4 rings (SSSR count). The highest BCUT2D eigenvalue weighted by Crippen LogP contribution is 2.59. The molecule has 0 aromatic heterocycles. The van der Waals surface area contributed by atoms with Gasteiger partial charge < -0.3 is 9.64 Å². The molecule has 0 unspecified atom stereocenters. The number of ether oxygens (including phenoxy) is 1. The second-order valence-corrected chi connectivity index (χ2v) is 10.7. The highest BCUT2D eigenvalue weighted by Gasteiger charge is 2.66. The molecule has 0 radical (unpaired) electrons. The maximum Gasteiger partial charge on any atom is 0.254 e. The summed E-state index contributed by atoms with van der Waals surface area (Å²) in [5.74, 6) is 1.15. The molecule has 0 saturated heterocycles. The smallest absolute Gasteiger partial charge is 0.254 e. The van der Waals surface area contributed by atoms with E-state index in [-0.39, 0.29) is 28.9 Å². The number of benzene rings is 2. The quantitative estimate of drug-likeness (QED) is 0.575. The van der Waals surface area contributed by atoms with Crippen LogP contribution in [0.4, 0.5) is 0 Å². The van der Waals surface area contributed by atoms with Crippen molar-refractivity contribution in [2.24, 2.45) is 10.8 Å². The summed E-state index contributed by atoms with van der Waals surface area (Å²) in [5.41, 5.74) is 3.07. The number of nitrogens with zero attached hydrogens (tertiary/aromatic N) is 2. The first kappa shape index (κ1) is 21.7. The molecule has 5 heteroatoms. The fourth-order valence-corrected chi connectivity index (χ4v) is 6.13. The SMILES string of the molecule is CC(C)c1ccc2c(c1)C(=O)N(C1C(C)(C)C(Oc3ccc(C#N)c(Cl)c3)C1(C)C)C2. The van der Waals surface area contributed by atoms with Crippen LogP contribution in [0.1, 0.15) is 74.5 Å². The molecule has 4 nitrogen and oxygen atoms in total. The standard InChI is InChI=1S/C26H29ClN2O2/c1-15(2)16-7-8-18-14-29(22(30)20(18)11-16)23-25(3,4)24(26(23,5)6)31-19-10-9-17(13-28)21(27)12-19/h7-12,15,23-24H,14H2,1-6H3. The molecular weight excluding hydrogens is 408 g/mol. The summed E-state index contributed by atoms with van der Waals surface area (Å²) in [6, 6.07) is 13.6. The van der Waals surface area contributed by atoms with E-state index in [1.54, 1.807) is 18.2 Å². The fourth-order valence-electron chi connectivity index (χ4n) is 5.92. The van der Waals surface area contributed by atoms with Gasteiger partial charge in [0.1, 0.15) is 17.9 Å². The zero-order chi connectivity index (χ0) is 22.7. The van der Waals surface area contributed by atoms with E-state index in [4.69, 9.17) is 21.6 Å². The molecule has 0 atom stereocenters. The highest BCUT2D eigenvalue weighted by molar-refractivity contribution is 6.31. The molecule has 1 fully saturated rings. The summed E-state index contributed by atoms with van der Waals surface area (Å²) < 4.78 is 6.38. The minimum absolute atomic E-state index is 0.0428. The molecule has 0 N–H and O–H groups in total. The maximum absolute atomic E-state index is 13.4. The van der Waals surface area contributed by atoms with E-state index in [0.717, 1.165) is 11.1 Å². The number of hydrogen-bond donors (Lipinski definition) is 0. The van der Waals surface area contributed by atoms with E-state index in [0.29, 0.717) is 28.8 Å². The molecule has 1 aliphatic heterocycles. The number of nitriles is 1. The molecule has 2 aromatic rings. The molecule has 2 aliphatic rings. The zero-order valence-corrected chi connectivity index (χ0v) is 19.7. The second kappa shape index (κ2) is 7.28. The Labute approximate surface area is 189 Å². The van der Waals surface area contributed by atoms with E-state index in [9.17, 15) is 4.79 Å². The molecular formula is C26H29ClN2O2. The van der Waals surface area contributed by atoms with Crippen LogP contribution in [0.25, 0.3) is 0 Å². The Bertz CT molecular complexity index is 1080. The minimum atomic E-state index is -0.248. The third-order valence-electron chi connectivity index (χ3n) is 7.02. The summed E-state index contributed by atoms with van der Waals surface area (Å²) in [6.07, 6.45) is -0.100. The Morgan fingerprint density at radius 3 is 2.39 bits per heavy atom. The lowest BCUT2D eigenvalue weighted by molar-refractivity contribution is -0.199. The van der Waals surface area contributed by atoms with Crippen molar-refractivity contribution in [3.63, 3.8) is 0 Å². The highest BCUT2D eigenvalue weighted by atomic mass is 35.5. The van der Waals surface area contributed by atoms with Gasteiger partial charge in [-0.15, -0.1) is 0 Å². The van der Waals surface area contributed by atoms with Crippen molar-refractivity contribution >= 4 is 17.5 Å². The third-order valence-corrected chi connectivity index (χ3v) is 7.33. The second-order valence-electron chi connectivity index (χ2n) is 10.3. The minimum Gasteiger partial charge on any atom is -0.489 e. The number of carbonyl (C=O) groups is 1. The number of halogens is 1. The summed E-state index contributed by atoms with van der Waals surface area (Å²) in [7, 11) is 0. The van der Waals surface area contributed by atoms with Crippen LogP contribution in [0.15, 0.2) is 36.4 Å². The lowest BCUT2D eigenvalue weighted by Crippen LogP contribution is -2.74. The van der Waals surface area contributed by atoms with E-state index in [1.807, 2.05) is 4.90 Å². The van der Waals surface area contributed by atoms with Crippen LogP contribution in [0, 0.1) is 22.2 Å². The van der Waals surface area contributed by atoms with Gasteiger partial charge in [-0.1, -0.05) is 65.3 Å². The van der Waals surface area contributed by atoms with Crippen molar-refractivity contribution in [3.8, 4) is 11.8 Å². The number of hydrogen-bond acceptors (Lipinski definition) is 3. The fraction of sp³-hybridized carbons (Fsp3) is 0.462. The van der Waals surface area contributed by atoms with Gasteiger partial charge in [0.2, 0.25) is 0 Å². The molecule has 1 heterocycles. The summed E-state index contributed by atoms with van der Waals surface area (Å²) in [6.45, 7) is 13.6. The van der Waals surface area contributed by atoms with Crippen molar-refractivity contribution < 1.29 is 9.53 Å². The van der Waals surface area contributed by atoms with Gasteiger partial charge in [-0.2, -0.15) is 5.26 Å². The van der Waals surface area contributed by atoms with Crippen molar-refractivity contribution in [2.45, 2.75) is 66.2 Å². The molecule has 2 aromatic carbocycles. The van der Waals surface area contributed by atoms with Crippen LogP contribution in [0.3, 0.4) is 0 Å². The third kappa shape index (κ3) is 3.31. The molecule has 162 valence electrons. The lowest BCUT2D eigenvalue weighted by atomic mass is 9.49. The lowest BCUT2D eigenvalue weighted by Gasteiger charge is -2.65.